The van der Waals surface area contributed by atoms with E-state index >= 15 is 0 Å². The fourth-order valence-corrected chi connectivity index (χ4v) is 4.82. The predicted octanol–water partition coefficient (Wildman–Crippen LogP) is 2.75. The molecule has 0 amide bonds. The van der Waals surface area contributed by atoms with E-state index in [0.717, 1.165) is 75.5 Å². The molecule has 2 saturated heterocycles. The molecule has 2 fully saturated rings. The Kier molecular flexibility index (Phi) is 7.56. The monoisotopic (exact) mass is 430 g/mol. The fourth-order valence-electron chi connectivity index (χ4n) is 4.82. The van der Waals surface area contributed by atoms with Crippen LogP contribution in [0.4, 0.5) is 0 Å². The molecule has 0 aliphatic carbocycles. The molecule has 0 saturated carbocycles. The largest absolute Gasteiger partial charge is 0.454 e. The van der Waals surface area contributed by atoms with E-state index in [9.17, 15) is 0 Å². The van der Waals surface area contributed by atoms with Crippen LogP contribution in [0.5, 0.6) is 11.5 Å². The van der Waals surface area contributed by atoms with Gasteiger partial charge in [0.25, 0.3) is 0 Å². The third kappa shape index (κ3) is 5.63. The zero-order valence-corrected chi connectivity index (χ0v) is 19.1. The highest BCUT2D eigenvalue weighted by atomic mass is 16.7. The summed E-state index contributed by atoms with van der Waals surface area (Å²) in [5.41, 5.74) is 1.28. The topological polar surface area (TPSA) is 67.4 Å². The molecule has 31 heavy (non-hydrogen) atoms. The van der Waals surface area contributed by atoms with E-state index in [4.69, 9.17) is 14.2 Å². The van der Waals surface area contributed by atoms with Gasteiger partial charge < -0.3 is 29.7 Å². The number of rotatable bonds is 7. The molecule has 4 rings (SSSR count). The minimum Gasteiger partial charge on any atom is -0.454 e. The van der Waals surface area contributed by atoms with Gasteiger partial charge in [0, 0.05) is 38.8 Å². The zero-order valence-electron chi connectivity index (χ0n) is 19.1. The molecule has 172 valence electrons. The van der Waals surface area contributed by atoms with E-state index in [1.165, 1.54) is 31.5 Å². The summed E-state index contributed by atoms with van der Waals surface area (Å²) in [7, 11) is 1.85. The quantitative estimate of drug-likeness (QED) is 0.394. The van der Waals surface area contributed by atoms with Gasteiger partial charge in [-0.2, -0.15) is 0 Å². The van der Waals surface area contributed by atoms with E-state index in [0.29, 0.717) is 6.79 Å². The van der Waals surface area contributed by atoms with Gasteiger partial charge in [0.1, 0.15) is 0 Å². The lowest BCUT2D eigenvalue weighted by molar-refractivity contribution is 0.0513. The van der Waals surface area contributed by atoms with Crippen LogP contribution < -0.4 is 20.1 Å². The van der Waals surface area contributed by atoms with Gasteiger partial charge in [0.15, 0.2) is 17.5 Å². The lowest BCUT2D eigenvalue weighted by atomic mass is 9.74. The van der Waals surface area contributed by atoms with Gasteiger partial charge in [0.05, 0.1) is 0 Å². The second-order valence-electron chi connectivity index (χ2n) is 9.19. The number of fused-ring (bicyclic) bond motifs is 1. The number of ether oxygens (including phenoxy) is 3. The normalized spacial score (nSPS) is 21.8. The Bertz CT molecular complexity index is 740. The fraction of sp³-hybridized carbons (Fsp3) is 0.708. The number of hydrogen-bond donors (Lipinski definition) is 2. The SMILES string of the molecule is CN=C(NCCCN1CCC(C)CC1)NCC1(c2ccc3c(c2)OCO3)CCOCC1. The maximum atomic E-state index is 5.68. The van der Waals surface area contributed by atoms with Crippen LogP contribution in [0.2, 0.25) is 0 Å². The Morgan fingerprint density at radius 2 is 1.90 bits per heavy atom. The molecule has 1 aromatic rings. The Balaban J connectivity index is 1.29. The van der Waals surface area contributed by atoms with Crippen LogP contribution in [0.15, 0.2) is 23.2 Å². The lowest BCUT2D eigenvalue weighted by Crippen LogP contribution is -2.48. The minimum atomic E-state index is 0.00133. The van der Waals surface area contributed by atoms with Gasteiger partial charge >= 0.3 is 0 Å². The van der Waals surface area contributed by atoms with Crippen LogP contribution in [-0.2, 0) is 10.2 Å². The lowest BCUT2D eigenvalue weighted by Gasteiger charge is -2.38. The molecule has 1 aromatic carbocycles. The third-order valence-corrected chi connectivity index (χ3v) is 7.07. The number of guanidine groups is 1. The molecule has 2 N–H and O–H groups in total. The zero-order chi connectivity index (χ0) is 21.5. The first kappa shape index (κ1) is 22.2. The summed E-state index contributed by atoms with van der Waals surface area (Å²) in [6, 6.07) is 6.35. The van der Waals surface area contributed by atoms with Gasteiger partial charge in [-0.3, -0.25) is 4.99 Å². The first-order chi connectivity index (χ1) is 15.2. The standard InChI is InChI=1S/C24H38N4O3/c1-19-6-12-28(13-7-19)11-3-10-26-23(25-2)27-17-24(8-14-29-15-9-24)20-4-5-21-22(16-20)31-18-30-21/h4-5,16,19H,3,6-15,17-18H2,1-2H3,(H2,25,26,27). The van der Waals surface area contributed by atoms with E-state index < -0.39 is 0 Å². The highest BCUT2D eigenvalue weighted by Crippen LogP contribution is 2.40. The minimum absolute atomic E-state index is 0.00133. The Labute approximate surface area is 186 Å². The number of nitrogens with one attached hydrogen (secondary N) is 2. The smallest absolute Gasteiger partial charge is 0.231 e. The van der Waals surface area contributed by atoms with Crippen molar-refractivity contribution in [2.45, 2.75) is 44.4 Å². The van der Waals surface area contributed by atoms with Crippen LogP contribution in [-0.4, -0.2) is 70.6 Å². The number of benzene rings is 1. The molecule has 0 bridgehead atoms. The predicted molar refractivity (Wildman–Crippen MR) is 123 cm³/mol. The molecule has 0 unspecified atom stereocenters. The van der Waals surface area contributed by atoms with Gasteiger partial charge in [-0.1, -0.05) is 13.0 Å². The van der Waals surface area contributed by atoms with Gasteiger partial charge in [0.2, 0.25) is 6.79 Å². The van der Waals surface area contributed by atoms with Crippen molar-refractivity contribution in [1.82, 2.24) is 15.5 Å². The molecule has 0 spiro atoms. The van der Waals surface area contributed by atoms with Crippen LogP contribution in [0.1, 0.15) is 44.6 Å². The maximum Gasteiger partial charge on any atom is 0.231 e. The van der Waals surface area contributed by atoms with Crippen LogP contribution >= 0.6 is 0 Å². The highest BCUT2D eigenvalue weighted by Gasteiger charge is 2.35. The molecule has 7 nitrogen and oxygen atoms in total. The molecule has 3 aliphatic rings. The summed E-state index contributed by atoms with van der Waals surface area (Å²) in [4.78, 5) is 7.05. The van der Waals surface area contributed by atoms with Crippen molar-refractivity contribution < 1.29 is 14.2 Å². The van der Waals surface area contributed by atoms with Crippen molar-refractivity contribution in [3.8, 4) is 11.5 Å². The number of piperidine rings is 1. The van der Waals surface area contributed by atoms with Crippen molar-refractivity contribution in [3.63, 3.8) is 0 Å². The number of nitrogens with zero attached hydrogens (tertiary/aromatic N) is 2. The summed E-state index contributed by atoms with van der Waals surface area (Å²) in [6.07, 6.45) is 5.76. The average Bonchev–Trinajstić information content (AvgIpc) is 3.28. The molecular weight excluding hydrogens is 392 g/mol. The average molecular weight is 431 g/mol. The van der Waals surface area contributed by atoms with Crippen molar-refractivity contribution in [2.75, 3.05) is 59.8 Å². The van der Waals surface area contributed by atoms with Gasteiger partial charge in [-0.25, -0.2) is 0 Å². The molecule has 3 heterocycles. The number of aliphatic imine (C=N–C) groups is 1. The molecule has 0 radical (unpaired) electrons. The van der Waals surface area contributed by atoms with E-state index in [1.54, 1.807) is 0 Å². The summed E-state index contributed by atoms with van der Waals surface area (Å²) in [5, 5.41) is 7.09. The third-order valence-electron chi connectivity index (χ3n) is 7.07. The van der Waals surface area contributed by atoms with Crippen molar-refractivity contribution in [3.05, 3.63) is 23.8 Å². The number of likely N-dealkylation sites (tertiary alicyclic amines) is 1. The highest BCUT2D eigenvalue weighted by molar-refractivity contribution is 5.79. The van der Waals surface area contributed by atoms with Crippen molar-refractivity contribution in [1.29, 1.82) is 0 Å². The summed E-state index contributed by atoms with van der Waals surface area (Å²) < 4.78 is 16.8. The second kappa shape index (κ2) is 10.6. The van der Waals surface area contributed by atoms with Gasteiger partial charge in [-0.15, -0.1) is 0 Å². The Morgan fingerprint density at radius 3 is 2.68 bits per heavy atom. The molecule has 3 aliphatic heterocycles. The summed E-state index contributed by atoms with van der Waals surface area (Å²) in [6.45, 7) is 9.62. The number of hydrogen-bond acceptors (Lipinski definition) is 5. The second-order valence-corrected chi connectivity index (χ2v) is 9.19. The van der Waals surface area contributed by atoms with Crippen molar-refractivity contribution in [2.24, 2.45) is 10.9 Å². The Hall–Kier alpha value is -1.99. The molecule has 0 aromatic heterocycles. The molecular formula is C24H38N4O3. The van der Waals surface area contributed by atoms with Crippen molar-refractivity contribution >= 4 is 5.96 Å². The van der Waals surface area contributed by atoms with E-state index in [1.807, 2.05) is 13.1 Å². The Morgan fingerprint density at radius 1 is 1.13 bits per heavy atom. The van der Waals surface area contributed by atoms with Crippen LogP contribution in [0.25, 0.3) is 0 Å². The molecule has 0 atom stereocenters. The summed E-state index contributed by atoms with van der Waals surface area (Å²) >= 11 is 0. The van der Waals surface area contributed by atoms with Crippen LogP contribution in [0, 0.1) is 5.92 Å². The van der Waals surface area contributed by atoms with Gasteiger partial charge in [-0.05, 0) is 75.4 Å². The van der Waals surface area contributed by atoms with E-state index in [2.05, 4.69) is 39.6 Å². The first-order valence-corrected chi connectivity index (χ1v) is 11.8. The van der Waals surface area contributed by atoms with Crippen LogP contribution in [0.3, 0.4) is 0 Å². The van der Waals surface area contributed by atoms with E-state index in [-0.39, 0.29) is 5.41 Å². The molecule has 7 heteroatoms. The summed E-state index contributed by atoms with van der Waals surface area (Å²) in [5.74, 6) is 3.44. The maximum absolute atomic E-state index is 5.68. The first-order valence-electron chi connectivity index (χ1n) is 11.8.